The normalized spacial score (nSPS) is 11.6. The molecule has 6 rings (SSSR count). The van der Waals surface area contributed by atoms with Gasteiger partial charge < -0.3 is 24.1 Å². The number of aryl methyl sites for hydroxylation is 3. The minimum Gasteiger partial charge on any atom is -0.493 e. The summed E-state index contributed by atoms with van der Waals surface area (Å²) < 4.78 is 54.3. The average molecular weight is 767 g/mol. The first-order chi connectivity index (χ1) is 26.6. The van der Waals surface area contributed by atoms with Gasteiger partial charge in [0.15, 0.2) is 0 Å². The van der Waals surface area contributed by atoms with E-state index >= 15 is 0 Å². The first kappa shape index (κ1) is 39.0. The summed E-state index contributed by atoms with van der Waals surface area (Å²) in [5, 5.41) is 10.5. The molecule has 0 spiro atoms. The molecule has 2 aromatic heterocycles. The summed E-state index contributed by atoms with van der Waals surface area (Å²) in [5.74, 6) is -0.252. The van der Waals surface area contributed by atoms with Crippen LogP contribution in [0.3, 0.4) is 0 Å². The Hall–Kier alpha value is -5.66. The molecule has 13 heteroatoms. The van der Waals surface area contributed by atoms with E-state index in [-0.39, 0.29) is 32.7 Å². The van der Waals surface area contributed by atoms with E-state index in [1.807, 2.05) is 110 Å². The Morgan fingerprint density at radius 3 is 2.36 bits per heavy atom. The molecule has 0 aliphatic carbocycles. The predicted molar refractivity (Wildman–Crippen MR) is 212 cm³/mol. The van der Waals surface area contributed by atoms with Gasteiger partial charge in [0.2, 0.25) is 0 Å². The first-order valence-electron chi connectivity index (χ1n) is 18.5. The molecule has 0 fully saturated rings. The lowest BCUT2D eigenvalue weighted by Crippen LogP contribution is -2.24. The van der Waals surface area contributed by atoms with E-state index in [2.05, 4.69) is 5.32 Å². The monoisotopic (exact) mass is 766 g/mol. The molecule has 4 aromatic carbocycles. The van der Waals surface area contributed by atoms with E-state index in [0.717, 1.165) is 49.9 Å². The van der Waals surface area contributed by atoms with Gasteiger partial charge in [-0.15, -0.1) is 0 Å². The van der Waals surface area contributed by atoms with Crippen molar-refractivity contribution in [3.8, 4) is 16.9 Å². The maximum atomic E-state index is 13.9. The molecule has 0 saturated carbocycles. The molecule has 0 unspecified atom stereocenters. The number of fused-ring (bicyclic) bond motifs is 2. The Balaban J connectivity index is 1.38. The SMILES string of the molecule is CCOC(=O)c1c(CCCOc2cccc3ccccc23)c2cccc(-c3c(CNC(=O)OCc4ccccc4)nn(C)c3CC)c2n1CCCS(=O)(=O)O. The smallest absolute Gasteiger partial charge is 0.407 e. The molecule has 2 N–H and O–H groups in total. The largest absolute Gasteiger partial charge is 0.493 e. The Morgan fingerprint density at radius 1 is 0.873 bits per heavy atom. The number of alkyl carbamates (subject to hydrolysis) is 1. The van der Waals surface area contributed by atoms with Crippen LogP contribution in [0.4, 0.5) is 4.79 Å². The van der Waals surface area contributed by atoms with Crippen LogP contribution in [0.5, 0.6) is 5.75 Å². The van der Waals surface area contributed by atoms with Crippen LogP contribution in [0.2, 0.25) is 0 Å². The summed E-state index contributed by atoms with van der Waals surface area (Å²) in [7, 11) is -2.43. The number of nitrogens with zero attached hydrogens (tertiary/aromatic N) is 3. The van der Waals surface area contributed by atoms with Crippen molar-refractivity contribution >= 4 is 43.9 Å². The van der Waals surface area contributed by atoms with Gasteiger partial charge in [-0.2, -0.15) is 13.5 Å². The third kappa shape index (κ3) is 9.18. The number of benzene rings is 4. The second kappa shape index (κ2) is 17.7. The van der Waals surface area contributed by atoms with Crippen molar-refractivity contribution in [1.82, 2.24) is 19.7 Å². The van der Waals surface area contributed by atoms with Gasteiger partial charge in [0, 0.05) is 41.2 Å². The Kier molecular flexibility index (Phi) is 12.5. The fourth-order valence-corrected chi connectivity index (χ4v) is 7.63. The van der Waals surface area contributed by atoms with Crippen molar-refractivity contribution in [3.63, 3.8) is 0 Å². The third-order valence-electron chi connectivity index (χ3n) is 9.47. The molecular formula is C42H46N4O8S. The molecule has 0 saturated heterocycles. The number of amides is 1. The molecule has 1 amide bonds. The van der Waals surface area contributed by atoms with Gasteiger partial charge in [-0.05, 0) is 55.2 Å². The molecule has 288 valence electrons. The highest BCUT2D eigenvalue weighted by Gasteiger charge is 2.28. The fourth-order valence-electron chi connectivity index (χ4n) is 7.14. The van der Waals surface area contributed by atoms with Crippen LogP contribution in [0.25, 0.3) is 32.8 Å². The van der Waals surface area contributed by atoms with Crippen molar-refractivity contribution in [2.45, 2.75) is 59.2 Å². The van der Waals surface area contributed by atoms with Crippen molar-refractivity contribution < 1.29 is 36.8 Å². The van der Waals surface area contributed by atoms with Gasteiger partial charge in [-0.25, -0.2) is 9.59 Å². The molecule has 0 bridgehead atoms. The van der Waals surface area contributed by atoms with Gasteiger partial charge in [0.05, 0.1) is 36.7 Å². The Morgan fingerprint density at radius 2 is 1.60 bits per heavy atom. The summed E-state index contributed by atoms with van der Waals surface area (Å²) in [6, 6.07) is 29.1. The average Bonchev–Trinajstić information content (AvgIpc) is 3.67. The number of nitrogens with one attached hydrogen (secondary N) is 1. The van der Waals surface area contributed by atoms with Crippen molar-refractivity contribution in [2.75, 3.05) is 19.0 Å². The number of esters is 1. The number of ether oxygens (including phenoxy) is 3. The lowest BCUT2D eigenvalue weighted by atomic mass is 9.97. The highest BCUT2D eigenvalue weighted by molar-refractivity contribution is 7.85. The summed E-state index contributed by atoms with van der Waals surface area (Å²) in [4.78, 5) is 26.7. The zero-order chi connectivity index (χ0) is 39.0. The Labute approximate surface area is 320 Å². The number of rotatable bonds is 17. The van der Waals surface area contributed by atoms with Crippen LogP contribution in [0, 0.1) is 0 Å². The number of hydrogen-bond donors (Lipinski definition) is 2. The quantitative estimate of drug-likeness (QED) is 0.0542. The predicted octanol–water partition coefficient (Wildman–Crippen LogP) is 7.65. The minimum atomic E-state index is -4.27. The van der Waals surface area contributed by atoms with E-state index in [4.69, 9.17) is 19.3 Å². The summed E-state index contributed by atoms with van der Waals surface area (Å²) in [6.45, 7) is 4.56. The third-order valence-corrected chi connectivity index (χ3v) is 10.3. The van der Waals surface area contributed by atoms with E-state index < -0.39 is 27.9 Å². The topological polar surface area (TPSA) is 151 Å². The summed E-state index contributed by atoms with van der Waals surface area (Å²) in [5.41, 5.74) is 5.65. The lowest BCUT2D eigenvalue weighted by molar-refractivity contribution is 0.0512. The standard InChI is InChI=1S/C42H46N4O8S/c1-4-36-38(35(44-45(36)3)27-43-42(48)54-28-29-15-7-6-8-16-29)34-21-12-20-32-33(22-13-25-53-37-23-11-18-30-17-9-10-19-31(30)37)40(41(47)52-5-2)46(39(32)34)24-14-26-55(49,50)51/h6-12,15-21,23H,4-5,13-14,22,24-28H2,1-3H3,(H,43,48)(H,49,50,51). The molecule has 0 aliphatic heterocycles. The first-order valence-corrected chi connectivity index (χ1v) is 20.1. The number of hydrogen-bond acceptors (Lipinski definition) is 8. The maximum Gasteiger partial charge on any atom is 0.407 e. The van der Waals surface area contributed by atoms with E-state index in [9.17, 15) is 22.6 Å². The van der Waals surface area contributed by atoms with E-state index in [0.29, 0.717) is 42.8 Å². The van der Waals surface area contributed by atoms with Crippen LogP contribution < -0.4 is 10.1 Å². The second-order valence-corrected chi connectivity index (χ2v) is 14.7. The second-order valence-electron chi connectivity index (χ2n) is 13.1. The van der Waals surface area contributed by atoms with Crippen LogP contribution in [-0.4, -0.2) is 58.3 Å². The van der Waals surface area contributed by atoms with Crippen LogP contribution >= 0.6 is 0 Å². The molecule has 0 aliphatic rings. The molecule has 55 heavy (non-hydrogen) atoms. The number of carbonyl (C=O) groups is 2. The van der Waals surface area contributed by atoms with Crippen molar-refractivity contribution in [3.05, 3.63) is 119 Å². The molecule has 6 aromatic rings. The molecule has 2 heterocycles. The summed E-state index contributed by atoms with van der Waals surface area (Å²) >= 11 is 0. The maximum absolute atomic E-state index is 13.9. The zero-order valence-electron chi connectivity index (χ0n) is 31.3. The summed E-state index contributed by atoms with van der Waals surface area (Å²) in [6.07, 6.45) is 1.09. The minimum absolute atomic E-state index is 0.0440. The van der Waals surface area contributed by atoms with Gasteiger partial charge in [0.25, 0.3) is 10.1 Å². The number of carbonyl (C=O) groups excluding carboxylic acids is 2. The van der Waals surface area contributed by atoms with Crippen molar-refractivity contribution in [1.29, 1.82) is 0 Å². The molecule has 12 nitrogen and oxygen atoms in total. The van der Waals surface area contributed by atoms with E-state index in [1.54, 1.807) is 11.6 Å². The fraction of sp³-hybridized carbons (Fsp3) is 0.310. The zero-order valence-corrected chi connectivity index (χ0v) is 32.1. The van der Waals surface area contributed by atoms with Crippen LogP contribution in [-0.2, 0) is 59.2 Å². The van der Waals surface area contributed by atoms with Gasteiger partial charge in [-0.3, -0.25) is 9.23 Å². The lowest BCUT2D eigenvalue weighted by Gasteiger charge is -2.14. The van der Waals surface area contributed by atoms with Crippen LogP contribution in [0.1, 0.15) is 59.7 Å². The van der Waals surface area contributed by atoms with Gasteiger partial charge in [-0.1, -0.05) is 91.9 Å². The number of aromatic nitrogens is 3. The molecular weight excluding hydrogens is 721 g/mol. The number of para-hydroxylation sites is 1. The van der Waals surface area contributed by atoms with E-state index in [1.165, 1.54) is 0 Å². The van der Waals surface area contributed by atoms with Gasteiger partial charge in [0.1, 0.15) is 18.1 Å². The highest BCUT2D eigenvalue weighted by Crippen LogP contribution is 2.39. The Bertz CT molecular complexity index is 2400. The van der Waals surface area contributed by atoms with Crippen LogP contribution in [0.15, 0.2) is 91.0 Å². The molecule has 0 atom stereocenters. The molecule has 0 radical (unpaired) electrons. The van der Waals surface area contributed by atoms with Gasteiger partial charge >= 0.3 is 12.1 Å². The van der Waals surface area contributed by atoms with Crippen molar-refractivity contribution in [2.24, 2.45) is 7.05 Å². The highest BCUT2D eigenvalue weighted by atomic mass is 32.2.